The number of benzene rings is 2. The SMILES string of the molecule is CSSC1NC(=O)[C@H](CCCN=C(N)N)NC(=O)[C@@H](CCCCN)NC(=O)[C@@H](CCCCN)NC(=O)[C@H](Cc2cnc[nH]2)NC(=O)[C@H](C)NC(=O)[C@H](C)NC(=O)[C@H](CCc2c[nH]c3ccccc23)NC(=O)[C@H](Cc2cnc[nH]2)NC(=O)[C@@H](Cc2ccccc2)NC(=O)[C@H](Cc2cnc[nH]2)N[C@@H]2CCCN2C1=O. The van der Waals surface area contributed by atoms with E-state index in [4.69, 9.17) is 22.9 Å². The lowest BCUT2D eigenvalue weighted by Crippen LogP contribution is -2.61. The van der Waals surface area contributed by atoms with Gasteiger partial charge in [-0.1, -0.05) is 70.1 Å². The zero-order chi connectivity index (χ0) is 76.8. The van der Waals surface area contributed by atoms with Crippen molar-refractivity contribution in [2.45, 2.75) is 189 Å². The number of carbonyl (C=O) groups is 11. The van der Waals surface area contributed by atoms with Gasteiger partial charge in [-0.3, -0.25) is 63.0 Å². The molecule has 107 heavy (non-hydrogen) atoms. The largest absolute Gasteiger partial charge is 0.370 e. The first-order valence-corrected chi connectivity index (χ1v) is 38.5. The molecule has 8 rings (SSSR count). The van der Waals surface area contributed by atoms with Gasteiger partial charge in [0, 0.05) is 91.5 Å². The van der Waals surface area contributed by atoms with E-state index in [1.165, 1.54) is 67.1 Å². The van der Waals surface area contributed by atoms with Gasteiger partial charge < -0.3 is 101 Å². The molecular weight excluding hydrogens is 1420 g/mol. The van der Waals surface area contributed by atoms with Crippen molar-refractivity contribution < 1.29 is 52.7 Å². The lowest BCUT2D eigenvalue weighted by Gasteiger charge is -2.33. The molecule has 0 aliphatic carbocycles. The molecule has 1 unspecified atom stereocenters. The van der Waals surface area contributed by atoms with Crippen molar-refractivity contribution in [3.63, 3.8) is 0 Å². The van der Waals surface area contributed by atoms with E-state index < -0.39 is 137 Å². The zero-order valence-corrected chi connectivity index (χ0v) is 61.8. The lowest BCUT2D eigenvalue weighted by atomic mass is 10.0. The number of nitrogens with two attached hydrogens (primary N) is 4. The van der Waals surface area contributed by atoms with E-state index in [0.29, 0.717) is 61.2 Å². The van der Waals surface area contributed by atoms with Crippen molar-refractivity contribution in [2.24, 2.45) is 27.9 Å². The van der Waals surface area contributed by atoms with Gasteiger partial charge in [0.05, 0.1) is 31.2 Å². The van der Waals surface area contributed by atoms with Crippen LogP contribution in [0.3, 0.4) is 0 Å². The van der Waals surface area contributed by atoms with Gasteiger partial charge in [-0.15, -0.1) is 0 Å². The summed E-state index contributed by atoms with van der Waals surface area (Å²) in [4.78, 5) is 193. The van der Waals surface area contributed by atoms with Crippen LogP contribution >= 0.6 is 21.6 Å². The first-order valence-electron chi connectivity index (χ1n) is 35.9. The molecule has 2 aliphatic rings. The van der Waals surface area contributed by atoms with Crippen LogP contribution in [0.25, 0.3) is 10.9 Å². The third-order valence-corrected chi connectivity index (χ3v) is 20.2. The lowest BCUT2D eigenvalue weighted by molar-refractivity contribution is -0.137. The summed E-state index contributed by atoms with van der Waals surface area (Å²) in [5.74, 6) is -8.76. The highest BCUT2D eigenvalue weighted by molar-refractivity contribution is 8.76. The van der Waals surface area contributed by atoms with Gasteiger partial charge in [-0.2, -0.15) is 0 Å². The summed E-state index contributed by atoms with van der Waals surface area (Å²) >= 11 is 0. The Bertz CT molecular complexity index is 3920. The molecule has 0 bridgehead atoms. The first-order chi connectivity index (χ1) is 51.6. The van der Waals surface area contributed by atoms with Crippen molar-refractivity contribution in [2.75, 3.05) is 32.4 Å². The Morgan fingerprint density at radius 2 is 0.935 bits per heavy atom. The summed E-state index contributed by atoms with van der Waals surface area (Å²) in [5, 5.41) is 30.8. The molecular formula is C70H100N24O11S2. The molecule has 6 heterocycles. The number of unbranched alkanes of at least 4 members (excludes halogenated alkanes) is 2. The van der Waals surface area contributed by atoms with E-state index in [1.807, 2.05) is 24.3 Å². The number of rotatable bonds is 25. The Labute approximate surface area is 626 Å². The molecule has 12 atom stereocenters. The molecule has 6 aromatic rings. The minimum absolute atomic E-state index is 0.0155. The highest BCUT2D eigenvalue weighted by Gasteiger charge is 2.40. The van der Waals surface area contributed by atoms with Gasteiger partial charge >= 0.3 is 0 Å². The predicted octanol–water partition coefficient (Wildman–Crippen LogP) is -1.67. The maximum atomic E-state index is 15.2. The molecule has 23 N–H and O–H groups in total. The molecule has 0 saturated carbocycles. The molecule has 2 aliphatic heterocycles. The number of aliphatic imine (C=N–C) groups is 1. The molecule has 37 heteroatoms. The van der Waals surface area contributed by atoms with Crippen molar-refractivity contribution in [3.8, 4) is 0 Å². The number of hydrogen-bond acceptors (Lipinski definition) is 20. The van der Waals surface area contributed by atoms with Crippen LogP contribution in [-0.4, -0.2) is 215 Å². The number of aromatic amines is 4. The predicted molar refractivity (Wildman–Crippen MR) is 403 cm³/mol. The number of hydrogen-bond donors (Lipinski definition) is 19. The van der Waals surface area contributed by atoms with Gasteiger partial charge in [0.1, 0.15) is 54.4 Å². The van der Waals surface area contributed by atoms with Crippen LogP contribution in [0.15, 0.2) is 103 Å². The molecule has 2 saturated heterocycles. The van der Waals surface area contributed by atoms with Crippen molar-refractivity contribution in [1.29, 1.82) is 0 Å². The fourth-order valence-corrected chi connectivity index (χ4v) is 14.1. The molecule has 35 nitrogen and oxygen atoms in total. The van der Waals surface area contributed by atoms with Gasteiger partial charge in [0.15, 0.2) is 11.3 Å². The minimum atomic E-state index is -1.45. The minimum Gasteiger partial charge on any atom is -0.370 e. The van der Waals surface area contributed by atoms with E-state index in [0.717, 1.165) is 27.3 Å². The van der Waals surface area contributed by atoms with Crippen molar-refractivity contribution in [3.05, 3.63) is 127 Å². The third kappa shape index (κ3) is 25.4. The van der Waals surface area contributed by atoms with E-state index in [9.17, 15) is 33.6 Å². The topological polar surface area (TPSA) is 542 Å². The highest BCUT2D eigenvalue weighted by atomic mass is 33.1. The Balaban J connectivity index is 1.17. The van der Waals surface area contributed by atoms with Crippen LogP contribution in [0, 0.1) is 0 Å². The van der Waals surface area contributed by atoms with E-state index in [2.05, 4.69) is 98.4 Å². The summed E-state index contributed by atoms with van der Waals surface area (Å²) in [6.45, 7) is 3.43. The maximum absolute atomic E-state index is 15.2. The quantitative estimate of drug-likeness (QED) is 0.0132. The summed E-state index contributed by atoms with van der Waals surface area (Å²) < 4.78 is 0. The number of aryl methyl sites for hydroxylation is 1. The number of amides is 11. The second kappa shape index (κ2) is 42.1. The molecule has 2 fully saturated rings. The Morgan fingerprint density at radius 1 is 0.495 bits per heavy atom. The van der Waals surface area contributed by atoms with Crippen LogP contribution in [-0.2, 0) is 84.8 Å². The van der Waals surface area contributed by atoms with E-state index >= 15 is 19.2 Å². The number of para-hydroxylation sites is 1. The van der Waals surface area contributed by atoms with Crippen molar-refractivity contribution >= 4 is 103 Å². The van der Waals surface area contributed by atoms with Crippen LogP contribution in [0.5, 0.6) is 0 Å². The maximum Gasteiger partial charge on any atom is 0.257 e. The Kier molecular flexibility index (Phi) is 32.4. The number of nitrogens with zero attached hydrogens (tertiary/aromatic N) is 5. The number of H-pyrrole nitrogens is 4. The number of aromatic nitrogens is 7. The van der Waals surface area contributed by atoms with Crippen LogP contribution < -0.4 is 81.4 Å². The fourth-order valence-electron chi connectivity index (χ4n) is 12.5. The summed E-state index contributed by atoms with van der Waals surface area (Å²) in [7, 11) is 2.22. The average molecular weight is 1520 g/mol. The monoisotopic (exact) mass is 1520 g/mol. The highest BCUT2D eigenvalue weighted by Crippen LogP contribution is 2.28. The number of guanidine groups is 1. The second-order valence-corrected chi connectivity index (χ2v) is 29.0. The van der Waals surface area contributed by atoms with Gasteiger partial charge in [0.2, 0.25) is 59.1 Å². The van der Waals surface area contributed by atoms with Crippen LogP contribution in [0.4, 0.5) is 0 Å². The van der Waals surface area contributed by atoms with Crippen LogP contribution in [0.1, 0.15) is 113 Å². The Hall–Kier alpha value is -10.4. The zero-order valence-electron chi connectivity index (χ0n) is 60.2. The van der Waals surface area contributed by atoms with Gasteiger partial charge in [0.25, 0.3) is 5.91 Å². The first kappa shape index (κ1) is 82.3. The second-order valence-electron chi connectivity index (χ2n) is 26.4. The van der Waals surface area contributed by atoms with Gasteiger partial charge in [-0.25, -0.2) is 15.0 Å². The summed E-state index contributed by atoms with van der Waals surface area (Å²) in [6.07, 6.45) is 13.4. The molecule has 11 amide bonds. The number of nitrogens with one attached hydrogen (secondary N) is 15. The summed E-state index contributed by atoms with van der Waals surface area (Å²) in [5.41, 5.74) is 26.7. The Morgan fingerprint density at radius 3 is 1.46 bits per heavy atom. The molecule has 0 radical (unpaired) electrons. The normalized spacial score (nSPS) is 24.2. The average Bonchev–Trinajstić information content (AvgIpc) is 1.82. The number of imidazole rings is 3. The third-order valence-electron chi connectivity index (χ3n) is 18.3. The van der Waals surface area contributed by atoms with E-state index in [1.54, 1.807) is 42.8 Å². The smallest absolute Gasteiger partial charge is 0.257 e. The van der Waals surface area contributed by atoms with E-state index in [-0.39, 0.29) is 96.3 Å². The molecule has 2 aromatic carbocycles. The van der Waals surface area contributed by atoms with Crippen molar-refractivity contribution in [1.82, 2.24) is 98.3 Å². The van der Waals surface area contributed by atoms with Gasteiger partial charge in [-0.05, 0) is 127 Å². The standard InChI is InChI=1S/C70H100N24O11S2/c1-40-58(95)83-41(2)59(96)90-55(31-45-35-76-38-81-45)66(103)88-50(20-10-12-26-72)62(99)86-49(19-9-11-25-71)61(98)87-51(21-13-27-78-70(73)74)63(100)93-68(107-106-3)69(105)94-28-14-22-57(94)85-54(30-44-34-75-37-80-44)65(102)91-53(29-42-15-5-4-6-16-42)64(101)92-56(32-46-36-77-39-82-46)67(104)89-52(60(97)84-40)24-23-43-33-79-48-18-8-7-17-47(43)48/h4-8,15-18,33-41,49-57,68,79,85H,9-14,19-32,71-72H2,1-3H3,(H,75,80)(H,76,81)(H,77,82)(H,83,95)(H,84,97)(H,86,99)(H,87,98)(H,88,103)(H,89,104)(H,90,96)(H,91,102)(H,92,101)(H,93,100)(H4,73,74,78)/t40-,41-,49+,50+,51-,52-,53+,54-,55-,56-,57-,68?/m0/s1. The van der Waals surface area contributed by atoms with Crippen LogP contribution in [0.2, 0.25) is 0 Å². The molecule has 0 spiro atoms. The fraction of sp³-hybridized carbons (Fsp3) is 0.500. The number of carbonyl (C=O) groups excluding carboxylic acids is 11. The summed E-state index contributed by atoms with van der Waals surface area (Å²) in [6, 6.07) is 2.80. The number of fused-ring (bicyclic) bond motifs is 2. The molecule has 4 aromatic heterocycles. The molecule has 578 valence electrons.